The summed E-state index contributed by atoms with van der Waals surface area (Å²) in [5.41, 5.74) is 2.86. The first kappa shape index (κ1) is 25.3. The molecule has 0 saturated carbocycles. The van der Waals surface area contributed by atoms with Gasteiger partial charge in [-0.3, -0.25) is 9.36 Å². The second-order valence-corrected chi connectivity index (χ2v) is 8.73. The van der Waals surface area contributed by atoms with Gasteiger partial charge in [0.1, 0.15) is 11.6 Å². The number of aromatic nitrogens is 2. The summed E-state index contributed by atoms with van der Waals surface area (Å²) in [6.07, 6.45) is 1.37. The summed E-state index contributed by atoms with van der Waals surface area (Å²) < 4.78 is 18.1. The Bertz CT molecular complexity index is 1380. The maximum atomic E-state index is 13.5. The summed E-state index contributed by atoms with van der Waals surface area (Å²) in [6.45, 7) is 2.10. The first-order valence-electron chi connectivity index (χ1n) is 12.0. The Hall–Kier alpha value is -3.84. The molecule has 0 amide bonds. The van der Waals surface area contributed by atoms with Gasteiger partial charge in [0, 0.05) is 31.6 Å². The van der Waals surface area contributed by atoms with Gasteiger partial charge in [-0.2, -0.15) is 0 Å². The van der Waals surface area contributed by atoms with Crippen LogP contribution in [0.25, 0.3) is 10.9 Å². The van der Waals surface area contributed by atoms with Crippen molar-refractivity contribution < 1.29 is 14.2 Å². The molecule has 1 aromatic heterocycles. The lowest BCUT2D eigenvalue weighted by Crippen LogP contribution is -2.32. The Morgan fingerprint density at radius 3 is 2.33 bits per heavy atom. The van der Waals surface area contributed by atoms with Crippen LogP contribution in [0.2, 0.25) is 0 Å². The van der Waals surface area contributed by atoms with Crippen LogP contribution in [0.1, 0.15) is 17.0 Å². The second kappa shape index (κ2) is 11.7. The number of fused-ring (bicyclic) bond motifs is 1. The van der Waals surface area contributed by atoms with E-state index in [0.29, 0.717) is 30.4 Å². The molecule has 4 aromatic rings. The number of benzene rings is 3. The molecule has 0 atom stereocenters. The Balaban J connectivity index is 1.52. The van der Waals surface area contributed by atoms with E-state index in [1.807, 2.05) is 65.2 Å². The zero-order valence-electron chi connectivity index (χ0n) is 21.4. The Morgan fingerprint density at radius 2 is 1.56 bits per heavy atom. The lowest BCUT2D eigenvalue weighted by atomic mass is 10.1. The second-order valence-electron chi connectivity index (χ2n) is 8.73. The minimum absolute atomic E-state index is 0.0150. The van der Waals surface area contributed by atoms with Gasteiger partial charge in [-0.05, 0) is 49.4 Å². The van der Waals surface area contributed by atoms with Crippen LogP contribution < -0.4 is 19.8 Å². The molecule has 0 radical (unpaired) electrons. The molecule has 7 nitrogen and oxygen atoms in total. The molecular weight excluding hydrogens is 454 g/mol. The third-order valence-corrected chi connectivity index (χ3v) is 6.42. The van der Waals surface area contributed by atoms with Crippen LogP contribution in [0.15, 0.2) is 71.5 Å². The largest absolute Gasteiger partial charge is 0.496 e. The van der Waals surface area contributed by atoms with Crippen LogP contribution in [0.5, 0.6) is 17.2 Å². The Kier molecular flexibility index (Phi) is 8.23. The van der Waals surface area contributed by atoms with Crippen LogP contribution in [-0.4, -0.2) is 55.9 Å². The van der Waals surface area contributed by atoms with Gasteiger partial charge in [0.2, 0.25) is 0 Å². The topological polar surface area (TPSA) is 65.8 Å². The van der Waals surface area contributed by atoms with Crippen molar-refractivity contribution in [3.05, 3.63) is 94.0 Å². The molecule has 0 saturated heterocycles. The van der Waals surface area contributed by atoms with Crippen LogP contribution in [0.4, 0.5) is 0 Å². The van der Waals surface area contributed by atoms with Crippen LogP contribution in [-0.2, 0) is 19.4 Å². The van der Waals surface area contributed by atoms with Gasteiger partial charge in [-0.15, -0.1) is 0 Å². The van der Waals surface area contributed by atoms with Crippen molar-refractivity contribution in [1.82, 2.24) is 14.5 Å². The van der Waals surface area contributed by atoms with Gasteiger partial charge >= 0.3 is 0 Å². The van der Waals surface area contributed by atoms with E-state index < -0.39 is 0 Å². The Morgan fingerprint density at radius 1 is 0.833 bits per heavy atom. The van der Waals surface area contributed by atoms with Crippen molar-refractivity contribution in [2.24, 2.45) is 0 Å². The van der Waals surface area contributed by atoms with E-state index in [9.17, 15) is 4.79 Å². The van der Waals surface area contributed by atoms with E-state index in [-0.39, 0.29) is 5.56 Å². The summed E-state index contributed by atoms with van der Waals surface area (Å²) in [6, 6.07) is 21.4. The van der Waals surface area contributed by atoms with Gasteiger partial charge in [-0.25, -0.2) is 4.98 Å². The van der Waals surface area contributed by atoms with E-state index in [1.165, 1.54) is 5.56 Å². The molecule has 36 heavy (non-hydrogen) atoms. The average Bonchev–Trinajstić information content (AvgIpc) is 2.91. The molecule has 0 bridgehead atoms. The molecule has 7 heteroatoms. The van der Waals surface area contributed by atoms with Gasteiger partial charge in [0.05, 0.1) is 32.2 Å². The number of likely N-dealkylation sites (N-methyl/N-ethyl adjacent to an activating group) is 1. The predicted molar refractivity (Wildman–Crippen MR) is 143 cm³/mol. The van der Waals surface area contributed by atoms with Crippen molar-refractivity contribution in [1.29, 1.82) is 0 Å². The molecule has 0 aliphatic heterocycles. The van der Waals surface area contributed by atoms with E-state index in [2.05, 4.69) is 18.0 Å². The van der Waals surface area contributed by atoms with Crippen molar-refractivity contribution in [3.8, 4) is 17.2 Å². The fourth-order valence-electron chi connectivity index (χ4n) is 4.34. The summed E-state index contributed by atoms with van der Waals surface area (Å²) in [4.78, 5) is 20.6. The summed E-state index contributed by atoms with van der Waals surface area (Å²) in [5.74, 6) is 2.97. The first-order chi connectivity index (χ1) is 17.5. The normalized spacial score (nSPS) is 11.1. The quantitative estimate of drug-likeness (QED) is 0.316. The van der Waals surface area contributed by atoms with E-state index in [1.54, 1.807) is 21.3 Å². The van der Waals surface area contributed by atoms with Gasteiger partial charge in [0.15, 0.2) is 11.5 Å². The highest BCUT2D eigenvalue weighted by molar-refractivity contribution is 5.77. The van der Waals surface area contributed by atoms with Crippen molar-refractivity contribution in [2.75, 3.05) is 41.5 Å². The molecular formula is C29H33N3O4. The molecule has 0 unspecified atom stereocenters. The molecule has 0 fully saturated rings. The highest BCUT2D eigenvalue weighted by Gasteiger charge is 2.14. The van der Waals surface area contributed by atoms with Gasteiger partial charge in [-0.1, -0.05) is 36.4 Å². The molecule has 0 spiro atoms. The smallest absolute Gasteiger partial charge is 0.261 e. The first-order valence-corrected chi connectivity index (χ1v) is 12.0. The third kappa shape index (κ3) is 5.69. The standard InChI is InChI=1S/C29H33N3O4/c1-31(16-15-21-13-14-26(35-3)27(19-21)36-4)17-18-32-28(20-22-9-5-8-12-25(22)34-2)30-24-11-7-6-10-23(24)29(32)33/h5-14,19H,15-18,20H2,1-4H3. The minimum Gasteiger partial charge on any atom is -0.496 e. The minimum atomic E-state index is -0.0150. The van der Waals surface area contributed by atoms with Crippen molar-refractivity contribution >= 4 is 10.9 Å². The lowest BCUT2D eigenvalue weighted by Gasteiger charge is -2.20. The number of para-hydroxylation sites is 2. The van der Waals surface area contributed by atoms with Crippen molar-refractivity contribution in [3.63, 3.8) is 0 Å². The van der Waals surface area contributed by atoms with Crippen LogP contribution in [0.3, 0.4) is 0 Å². The third-order valence-electron chi connectivity index (χ3n) is 6.42. The van der Waals surface area contributed by atoms with E-state index in [0.717, 1.165) is 41.6 Å². The van der Waals surface area contributed by atoms with E-state index in [4.69, 9.17) is 19.2 Å². The number of hydrogen-bond acceptors (Lipinski definition) is 6. The number of nitrogens with zero attached hydrogens (tertiary/aromatic N) is 3. The molecule has 0 aliphatic carbocycles. The molecule has 0 N–H and O–H groups in total. The number of hydrogen-bond donors (Lipinski definition) is 0. The van der Waals surface area contributed by atoms with Crippen molar-refractivity contribution in [2.45, 2.75) is 19.4 Å². The highest BCUT2D eigenvalue weighted by Crippen LogP contribution is 2.27. The zero-order valence-corrected chi connectivity index (χ0v) is 21.4. The molecule has 188 valence electrons. The maximum Gasteiger partial charge on any atom is 0.261 e. The van der Waals surface area contributed by atoms with Gasteiger partial charge < -0.3 is 19.1 Å². The SMILES string of the molecule is COc1ccccc1Cc1nc2ccccc2c(=O)n1CCN(C)CCc1ccc(OC)c(OC)c1. The molecule has 1 heterocycles. The van der Waals surface area contributed by atoms with Crippen LogP contribution >= 0.6 is 0 Å². The zero-order chi connectivity index (χ0) is 25.5. The summed E-state index contributed by atoms with van der Waals surface area (Å²) in [5, 5.41) is 0.634. The average molecular weight is 488 g/mol. The summed E-state index contributed by atoms with van der Waals surface area (Å²) in [7, 11) is 7.01. The van der Waals surface area contributed by atoms with Gasteiger partial charge in [0.25, 0.3) is 5.56 Å². The molecule has 0 aliphatic rings. The fourth-order valence-corrected chi connectivity index (χ4v) is 4.34. The van der Waals surface area contributed by atoms with E-state index >= 15 is 0 Å². The number of ether oxygens (including phenoxy) is 3. The highest BCUT2D eigenvalue weighted by atomic mass is 16.5. The number of methoxy groups -OCH3 is 3. The lowest BCUT2D eigenvalue weighted by molar-refractivity contribution is 0.317. The Labute approximate surface area is 211 Å². The predicted octanol–water partition coefficient (Wildman–Crippen LogP) is 4.19. The van der Waals surface area contributed by atoms with Crippen LogP contribution in [0, 0.1) is 0 Å². The number of rotatable bonds is 11. The maximum absolute atomic E-state index is 13.5. The summed E-state index contributed by atoms with van der Waals surface area (Å²) >= 11 is 0. The molecule has 3 aromatic carbocycles. The fraction of sp³-hybridized carbons (Fsp3) is 0.310. The molecule has 4 rings (SSSR count). The monoisotopic (exact) mass is 487 g/mol.